The van der Waals surface area contributed by atoms with Crippen molar-refractivity contribution >= 4 is 0 Å². The molecular weight excluding hydrogens is 230 g/mol. The van der Waals surface area contributed by atoms with E-state index in [1.54, 1.807) is 24.5 Å². The molecule has 6 heteroatoms. The number of hydrogen-bond acceptors (Lipinski definition) is 5. The number of hydrogen-bond donors (Lipinski definition) is 2. The molecule has 1 rings (SSSR count). The van der Waals surface area contributed by atoms with Gasteiger partial charge in [-0.15, -0.1) is 0 Å². The van der Waals surface area contributed by atoms with Crippen LogP contribution in [0.5, 0.6) is 5.75 Å². The van der Waals surface area contributed by atoms with Crippen LogP contribution in [-0.4, -0.2) is 31.3 Å². The number of nitrogens with one attached hydrogen (secondary N) is 2. The van der Waals surface area contributed by atoms with Crippen LogP contribution in [0.4, 0.5) is 0 Å². The van der Waals surface area contributed by atoms with Crippen LogP contribution < -0.4 is 10.1 Å². The number of rotatable bonds is 7. The zero-order valence-corrected chi connectivity index (χ0v) is 10.9. The van der Waals surface area contributed by atoms with E-state index in [-0.39, 0.29) is 0 Å². The first-order valence-electron chi connectivity index (χ1n) is 5.55. The summed E-state index contributed by atoms with van der Waals surface area (Å²) in [6.07, 6.45) is 3.56. The molecule has 0 bridgehead atoms. The Bertz CT molecular complexity index is 390. The van der Waals surface area contributed by atoms with Crippen molar-refractivity contribution in [3.8, 4) is 5.75 Å². The van der Waals surface area contributed by atoms with Crippen LogP contribution in [0.25, 0.3) is 0 Å². The van der Waals surface area contributed by atoms with Crippen LogP contribution in [0.15, 0.2) is 41.9 Å². The molecule has 0 spiro atoms. The standard InChI is InChI=1S/C12H19N5O/c1-14-8-9-16(2)17(15-13)10-11-4-6-12(18-3)7-5-11/h4-9,13-14H,10H2,1-3H3/b9-8-,15-13?. The van der Waals surface area contributed by atoms with E-state index < -0.39 is 0 Å². The zero-order chi connectivity index (χ0) is 13.4. The van der Waals surface area contributed by atoms with Gasteiger partial charge in [0.25, 0.3) is 0 Å². The molecule has 0 amide bonds. The van der Waals surface area contributed by atoms with Gasteiger partial charge in [0, 0.05) is 26.5 Å². The fourth-order valence-electron chi connectivity index (χ4n) is 1.37. The third kappa shape index (κ3) is 3.97. The van der Waals surface area contributed by atoms with E-state index in [0.717, 1.165) is 11.3 Å². The average molecular weight is 249 g/mol. The van der Waals surface area contributed by atoms with Crippen molar-refractivity contribution in [3.63, 3.8) is 0 Å². The second-order valence-corrected chi connectivity index (χ2v) is 3.66. The van der Waals surface area contributed by atoms with Crippen molar-refractivity contribution in [2.24, 2.45) is 5.22 Å². The van der Waals surface area contributed by atoms with Crippen molar-refractivity contribution in [3.05, 3.63) is 42.2 Å². The molecule has 0 aliphatic rings. The Morgan fingerprint density at radius 2 is 2.06 bits per heavy atom. The maximum Gasteiger partial charge on any atom is 0.118 e. The summed E-state index contributed by atoms with van der Waals surface area (Å²) in [7, 11) is 5.28. The highest BCUT2D eigenvalue weighted by molar-refractivity contribution is 5.26. The Morgan fingerprint density at radius 3 is 2.56 bits per heavy atom. The van der Waals surface area contributed by atoms with E-state index in [0.29, 0.717) is 6.54 Å². The van der Waals surface area contributed by atoms with Crippen molar-refractivity contribution in [1.29, 1.82) is 5.53 Å². The van der Waals surface area contributed by atoms with E-state index in [9.17, 15) is 0 Å². The number of hydrazine groups is 1. The molecule has 0 aliphatic heterocycles. The van der Waals surface area contributed by atoms with Gasteiger partial charge < -0.3 is 10.1 Å². The van der Waals surface area contributed by atoms with E-state index >= 15 is 0 Å². The minimum atomic E-state index is 0.526. The predicted molar refractivity (Wildman–Crippen MR) is 69.6 cm³/mol. The van der Waals surface area contributed by atoms with Gasteiger partial charge in [-0.2, -0.15) is 10.6 Å². The molecule has 0 atom stereocenters. The number of nitrogens with zero attached hydrogens (tertiary/aromatic N) is 3. The lowest BCUT2D eigenvalue weighted by molar-refractivity contribution is 0.0261. The highest BCUT2D eigenvalue weighted by Gasteiger charge is 2.06. The summed E-state index contributed by atoms with van der Waals surface area (Å²) in [6, 6.07) is 7.68. The van der Waals surface area contributed by atoms with Gasteiger partial charge in [-0.1, -0.05) is 17.4 Å². The first-order chi connectivity index (χ1) is 8.71. The second-order valence-electron chi connectivity index (χ2n) is 3.66. The van der Waals surface area contributed by atoms with Gasteiger partial charge in [0.2, 0.25) is 0 Å². The van der Waals surface area contributed by atoms with Gasteiger partial charge in [0.15, 0.2) is 0 Å². The second kappa shape index (κ2) is 7.16. The van der Waals surface area contributed by atoms with Crippen LogP contribution in [0, 0.1) is 5.53 Å². The predicted octanol–water partition coefficient (Wildman–Crippen LogP) is 1.98. The lowest BCUT2D eigenvalue weighted by Gasteiger charge is -2.26. The molecule has 0 unspecified atom stereocenters. The Kier molecular flexibility index (Phi) is 5.50. The topological polar surface area (TPSA) is 63.9 Å². The summed E-state index contributed by atoms with van der Waals surface area (Å²) in [4.78, 5) is 0. The fraction of sp³-hybridized carbons (Fsp3) is 0.333. The zero-order valence-electron chi connectivity index (χ0n) is 10.9. The van der Waals surface area contributed by atoms with E-state index in [1.807, 2.05) is 38.4 Å². The fourth-order valence-corrected chi connectivity index (χ4v) is 1.37. The molecule has 0 aliphatic carbocycles. The Labute approximate surface area is 107 Å². The maximum absolute atomic E-state index is 7.18. The van der Waals surface area contributed by atoms with E-state index in [4.69, 9.17) is 10.3 Å². The van der Waals surface area contributed by atoms with Crippen molar-refractivity contribution in [2.45, 2.75) is 6.54 Å². The number of methoxy groups -OCH3 is 1. The minimum absolute atomic E-state index is 0.526. The summed E-state index contributed by atoms with van der Waals surface area (Å²) in [6.45, 7) is 0.526. The molecule has 0 radical (unpaired) electrons. The molecule has 0 fully saturated rings. The Hall–Kier alpha value is -2.24. The summed E-state index contributed by atoms with van der Waals surface area (Å²) in [5, 5.41) is 9.63. The van der Waals surface area contributed by atoms with Crippen molar-refractivity contribution in [2.75, 3.05) is 21.2 Å². The van der Waals surface area contributed by atoms with Crippen LogP contribution in [0.1, 0.15) is 5.56 Å². The average Bonchev–Trinajstić information content (AvgIpc) is 2.42. The molecule has 1 aromatic rings. The van der Waals surface area contributed by atoms with Crippen LogP contribution in [0.2, 0.25) is 0 Å². The molecule has 0 heterocycles. The van der Waals surface area contributed by atoms with E-state index in [2.05, 4.69) is 10.5 Å². The van der Waals surface area contributed by atoms with Crippen molar-refractivity contribution in [1.82, 2.24) is 15.4 Å². The maximum atomic E-state index is 7.18. The summed E-state index contributed by atoms with van der Waals surface area (Å²) in [5.41, 5.74) is 8.24. The number of benzene rings is 1. The molecule has 0 aromatic heterocycles. The SMILES string of the molecule is CN/C=C\N(C)N(Cc1ccc(OC)cc1)N=N. The Balaban J connectivity index is 2.66. The van der Waals surface area contributed by atoms with Gasteiger partial charge in [-0.05, 0) is 17.7 Å². The molecule has 2 N–H and O–H groups in total. The largest absolute Gasteiger partial charge is 0.497 e. The number of ether oxygens (including phenoxy) is 1. The lowest BCUT2D eigenvalue weighted by Crippen LogP contribution is -2.30. The molecule has 1 aromatic carbocycles. The third-order valence-corrected chi connectivity index (χ3v) is 2.42. The molecule has 18 heavy (non-hydrogen) atoms. The smallest absolute Gasteiger partial charge is 0.118 e. The van der Waals surface area contributed by atoms with Gasteiger partial charge in [-0.3, -0.25) is 5.01 Å². The lowest BCUT2D eigenvalue weighted by atomic mass is 10.2. The summed E-state index contributed by atoms with van der Waals surface area (Å²) < 4.78 is 5.10. The first kappa shape index (κ1) is 13.8. The Morgan fingerprint density at radius 1 is 1.39 bits per heavy atom. The van der Waals surface area contributed by atoms with Gasteiger partial charge in [-0.25, -0.2) is 0 Å². The summed E-state index contributed by atoms with van der Waals surface area (Å²) >= 11 is 0. The van der Waals surface area contributed by atoms with Crippen LogP contribution in [-0.2, 0) is 6.54 Å². The molecule has 6 nitrogen and oxygen atoms in total. The van der Waals surface area contributed by atoms with Crippen molar-refractivity contribution < 1.29 is 4.74 Å². The monoisotopic (exact) mass is 249 g/mol. The molecule has 98 valence electrons. The third-order valence-electron chi connectivity index (χ3n) is 2.42. The minimum Gasteiger partial charge on any atom is -0.497 e. The summed E-state index contributed by atoms with van der Waals surface area (Å²) in [5.74, 6) is 0.816. The van der Waals surface area contributed by atoms with E-state index in [1.165, 1.54) is 5.12 Å². The normalized spacial score (nSPS) is 10.2. The highest BCUT2D eigenvalue weighted by Crippen LogP contribution is 2.13. The molecule has 0 saturated carbocycles. The quantitative estimate of drug-likeness (QED) is 0.573. The first-order valence-corrected chi connectivity index (χ1v) is 5.55. The van der Waals surface area contributed by atoms with Gasteiger partial charge >= 0.3 is 0 Å². The van der Waals surface area contributed by atoms with Crippen LogP contribution in [0.3, 0.4) is 0 Å². The van der Waals surface area contributed by atoms with Gasteiger partial charge in [0.1, 0.15) is 5.75 Å². The highest BCUT2D eigenvalue weighted by atomic mass is 16.5. The molecular formula is C12H19N5O. The molecule has 0 saturated heterocycles. The van der Waals surface area contributed by atoms with Gasteiger partial charge in [0.05, 0.1) is 13.7 Å². The van der Waals surface area contributed by atoms with Crippen LogP contribution >= 0.6 is 0 Å².